The number of methoxy groups -OCH3 is 1. The molecule has 144 valence electrons. The molecule has 3 rings (SSSR count). The Morgan fingerprint density at radius 2 is 1.89 bits per heavy atom. The molecule has 0 unspecified atom stereocenters. The average molecular weight is 399 g/mol. The van der Waals surface area contributed by atoms with Gasteiger partial charge in [0.15, 0.2) is 18.1 Å². The Morgan fingerprint density at radius 3 is 2.57 bits per heavy atom. The van der Waals surface area contributed by atoms with Crippen LogP contribution in [0.1, 0.15) is 11.1 Å². The Labute approximate surface area is 165 Å². The fourth-order valence-corrected chi connectivity index (χ4v) is 3.42. The predicted octanol–water partition coefficient (Wildman–Crippen LogP) is 3.40. The van der Waals surface area contributed by atoms with E-state index in [2.05, 4.69) is 0 Å². The lowest BCUT2D eigenvalue weighted by atomic mass is 10.1. The number of imide groups is 1. The van der Waals surface area contributed by atoms with Gasteiger partial charge in [0.25, 0.3) is 11.1 Å². The van der Waals surface area contributed by atoms with Crippen molar-refractivity contribution in [1.29, 1.82) is 0 Å². The summed E-state index contributed by atoms with van der Waals surface area (Å²) in [6, 6.07) is 14.1. The number of benzene rings is 2. The molecule has 2 aromatic carbocycles. The lowest BCUT2D eigenvalue weighted by Gasteiger charge is -2.12. The Balaban J connectivity index is 1.78. The maximum absolute atomic E-state index is 12.6. The van der Waals surface area contributed by atoms with Crippen LogP contribution in [0.2, 0.25) is 0 Å². The highest BCUT2D eigenvalue weighted by atomic mass is 32.2. The average Bonchev–Trinajstić information content (AvgIpc) is 2.95. The van der Waals surface area contributed by atoms with Crippen LogP contribution in [-0.4, -0.2) is 40.8 Å². The SMILES string of the molecule is COc1cc(/C=C2\SC(=O)N(Cc3ccccc3)C2=O)ccc1OCC(=O)O. The van der Waals surface area contributed by atoms with E-state index in [1.54, 1.807) is 24.3 Å². The third-order valence-corrected chi connectivity index (χ3v) is 4.80. The topological polar surface area (TPSA) is 93.1 Å². The van der Waals surface area contributed by atoms with Gasteiger partial charge in [0.1, 0.15) is 0 Å². The number of hydrogen-bond acceptors (Lipinski definition) is 6. The molecule has 1 aliphatic heterocycles. The quantitative estimate of drug-likeness (QED) is 0.713. The van der Waals surface area contributed by atoms with Gasteiger partial charge in [-0.25, -0.2) is 4.79 Å². The molecule has 2 amide bonds. The van der Waals surface area contributed by atoms with Gasteiger partial charge >= 0.3 is 5.97 Å². The molecule has 1 heterocycles. The summed E-state index contributed by atoms with van der Waals surface area (Å²) in [5.41, 5.74) is 1.50. The first-order valence-corrected chi connectivity index (χ1v) is 9.11. The lowest BCUT2D eigenvalue weighted by Crippen LogP contribution is -2.27. The molecule has 0 aromatic heterocycles. The van der Waals surface area contributed by atoms with Gasteiger partial charge in [-0.05, 0) is 41.1 Å². The van der Waals surface area contributed by atoms with Crippen LogP contribution in [-0.2, 0) is 16.1 Å². The monoisotopic (exact) mass is 399 g/mol. The fraction of sp³-hybridized carbons (Fsp3) is 0.150. The number of hydrogen-bond donors (Lipinski definition) is 1. The van der Waals surface area contributed by atoms with Gasteiger partial charge < -0.3 is 14.6 Å². The van der Waals surface area contributed by atoms with Gasteiger partial charge in [0.05, 0.1) is 18.6 Å². The summed E-state index contributed by atoms with van der Waals surface area (Å²) >= 11 is 0.876. The van der Waals surface area contributed by atoms with Crippen molar-refractivity contribution in [2.75, 3.05) is 13.7 Å². The largest absolute Gasteiger partial charge is 0.493 e. The molecule has 0 saturated carbocycles. The van der Waals surface area contributed by atoms with Crippen LogP contribution >= 0.6 is 11.8 Å². The summed E-state index contributed by atoms with van der Waals surface area (Å²) in [6.45, 7) is -0.276. The van der Waals surface area contributed by atoms with E-state index in [1.165, 1.54) is 12.0 Å². The minimum atomic E-state index is -1.10. The van der Waals surface area contributed by atoms with Gasteiger partial charge in [0, 0.05) is 0 Å². The highest BCUT2D eigenvalue weighted by molar-refractivity contribution is 8.18. The van der Waals surface area contributed by atoms with E-state index >= 15 is 0 Å². The van der Waals surface area contributed by atoms with E-state index in [0.29, 0.717) is 16.2 Å². The van der Waals surface area contributed by atoms with Crippen LogP contribution in [0.25, 0.3) is 6.08 Å². The number of rotatable bonds is 7. The van der Waals surface area contributed by atoms with Crippen LogP contribution in [0.4, 0.5) is 4.79 Å². The molecule has 0 aliphatic carbocycles. The summed E-state index contributed by atoms with van der Waals surface area (Å²) in [6.07, 6.45) is 1.60. The highest BCUT2D eigenvalue weighted by Crippen LogP contribution is 2.35. The first-order valence-electron chi connectivity index (χ1n) is 8.30. The minimum absolute atomic E-state index is 0.216. The van der Waals surface area contributed by atoms with E-state index in [-0.39, 0.29) is 23.4 Å². The second-order valence-electron chi connectivity index (χ2n) is 5.85. The molecule has 2 aromatic rings. The maximum atomic E-state index is 12.6. The zero-order chi connectivity index (χ0) is 20.1. The first kappa shape index (κ1) is 19.5. The van der Waals surface area contributed by atoms with Gasteiger partial charge in [-0.2, -0.15) is 0 Å². The summed E-state index contributed by atoms with van der Waals surface area (Å²) in [7, 11) is 1.43. The fourth-order valence-electron chi connectivity index (χ4n) is 2.59. The summed E-state index contributed by atoms with van der Waals surface area (Å²) in [5.74, 6) is -0.847. The molecular weight excluding hydrogens is 382 g/mol. The zero-order valence-corrected chi connectivity index (χ0v) is 15.8. The smallest absolute Gasteiger partial charge is 0.341 e. The molecule has 0 radical (unpaired) electrons. The Hall–Kier alpha value is -3.26. The third kappa shape index (κ3) is 4.52. The molecule has 1 saturated heterocycles. The van der Waals surface area contributed by atoms with E-state index in [1.807, 2.05) is 30.3 Å². The van der Waals surface area contributed by atoms with Crippen molar-refractivity contribution in [3.05, 3.63) is 64.6 Å². The number of amides is 2. The Bertz CT molecular complexity index is 941. The number of aliphatic carboxylic acids is 1. The standard InChI is InChI=1S/C20H17NO6S/c1-26-16-9-14(7-8-15(16)27-12-18(22)23)10-17-19(24)21(20(25)28-17)11-13-5-3-2-4-6-13/h2-10H,11-12H2,1H3,(H,22,23)/b17-10-. The second-order valence-corrected chi connectivity index (χ2v) is 6.84. The van der Waals surface area contributed by atoms with Gasteiger partial charge in [-0.1, -0.05) is 36.4 Å². The van der Waals surface area contributed by atoms with Crippen molar-refractivity contribution >= 4 is 35.0 Å². The summed E-state index contributed by atoms with van der Waals surface area (Å²) in [5, 5.41) is 8.39. The highest BCUT2D eigenvalue weighted by Gasteiger charge is 2.34. The first-order chi connectivity index (χ1) is 13.5. The van der Waals surface area contributed by atoms with Gasteiger partial charge in [-0.15, -0.1) is 0 Å². The van der Waals surface area contributed by atoms with Gasteiger partial charge in [0.2, 0.25) is 0 Å². The normalized spacial score (nSPS) is 15.2. The molecule has 8 heteroatoms. The Morgan fingerprint density at radius 1 is 1.14 bits per heavy atom. The van der Waals surface area contributed by atoms with Gasteiger partial charge in [-0.3, -0.25) is 14.5 Å². The third-order valence-electron chi connectivity index (χ3n) is 3.89. The van der Waals surface area contributed by atoms with Crippen molar-refractivity contribution in [3.8, 4) is 11.5 Å². The minimum Gasteiger partial charge on any atom is -0.493 e. The predicted molar refractivity (Wildman–Crippen MR) is 104 cm³/mol. The van der Waals surface area contributed by atoms with Crippen molar-refractivity contribution in [3.63, 3.8) is 0 Å². The molecule has 28 heavy (non-hydrogen) atoms. The number of ether oxygens (including phenoxy) is 2. The summed E-state index contributed by atoms with van der Waals surface area (Å²) in [4.78, 5) is 37.0. The molecule has 0 atom stereocenters. The van der Waals surface area contributed by atoms with Crippen molar-refractivity contribution < 1.29 is 29.0 Å². The lowest BCUT2D eigenvalue weighted by molar-refractivity contribution is -0.139. The molecule has 0 bridgehead atoms. The number of carbonyl (C=O) groups excluding carboxylic acids is 2. The van der Waals surface area contributed by atoms with Crippen molar-refractivity contribution in [2.45, 2.75) is 6.54 Å². The molecule has 0 spiro atoms. The molecule has 1 aliphatic rings. The van der Waals surface area contributed by atoms with Crippen LogP contribution in [0.15, 0.2) is 53.4 Å². The van der Waals surface area contributed by atoms with E-state index in [0.717, 1.165) is 17.3 Å². The number of thioether (sulfide) groups is 1. The Kier molecular flexibility index (Phi) is 6.00. The molecule has 1 N–H and O–H groups in total. The molecule has 7 nitrogen and oxygen atoms in total. The van der Waals surface area contributed by atoms with Crippen molar-refractivity contribution in [2.24, 2.45) is 0 Å². The van der Waals surface area contributed by atoms with Crippen LogP contribution in [0, 0.1) is 0 Å². The maximum Gasteiger partial charge on any atom is 0.341 e. The van der Waals surface area contributed by atoms with Crippen LogP contribution in [0.3, 0.4) is 0 Å². The number of carbonyl (C=O) groups is 3. The van der Waals surface area contributed by atoms with Crippen LogP contribution < -0.4 is 9.47 Å². The van der Waals surface area contributed by atoms with E-state index in [9.17, 15) is 14.4 Å². The van der Waals surface area contributed by atoms with Crippen LogP contribution in [0.5, 0.6) is 11.5 Å². The number of carboxylic acid groups (broad SMARTS) is 1. The number of nitrogens with zero attached hydrogens (tertiary/aromatic N) is 1. The van der Waals surface area contributed by atoms with Crippen molar-refractivity contribution in [1.82, 2.24) is 4.90 Å². The number of carboxylic acids is 1. The molecule has 1 fully saturated rings. The van der Waals surface area contributed by atoms with E-state index in [4.69, 9.17) is 14.6 Å². The molecular formula is C20H17NO6S. The second kappa shape index (κ2) is 8.62. The summed E-state index contributed by atoms with van der Waals surface area (Å²) < 4.78 is 10.4. The zero-order valence-electron chi connectivity index (χ0n) is 15.0. The van der Waals surface area contributed by atoms with E-state index < -0.39 is 12.6 Å².